The average molecular weight is 322 g/mol. The van der Waals surface area contributed by atoms with Crippen molar-refractivity contribution < 1.29 is 4.74 Å². The van der Waals surface area contributed by atoms with Gasteiger partial charge in [-0.25, -0.2) is 0 Å². The Bertz CT molecular complexity index is 560. The van der Waals surface area contributed by atoms with Crippen molar-refractivity contribution in [1.82, 2.24) is 9.97 Å². The molecule has 0 aliphatic carbocycles. The fourth-order valence-electron chi connectivity index (χ4n) is 1.53. The predicted molar refractivity (Wildman–Crippen MR) is 79.8 cm³/mol. The molecule has 0 amide bonds. The highest BCUT2D eigenvalue weighted by molar-refractivity contribution is 9.10. The second-order valence-corrected chi connectivity index (χ2v) is 5.10. The van der Waals surface area contributed by atoms with Crippen LogP contribution in [0.5, 0.6) is 11.6 Å². The van der Waals surface area contributed by atoms with Crippen LogP contribution in [-0.4, -0.2) is 16.5 Å². The maximum absolute atomic E-state index is 5.77. The third kappa shape index (κ3) is 3.92. The number of hydrogen-bond donors (Lipinski definition) is 1. The van der Waals surface area contributed by atoms with E-state index in [0.717, 1.165) is 34.6 Å². The Labute approximate surface area is 121 Å². The molecule has 1 N–H and O–H groups in total. The minimum atomic E-state index is 0.488. The minimum absolute atomic E-state index is 0.488. The van der Waals surface area contributed by atoms with Crippen LogP contribution in [0.1, 0.15) is 18.9 Å². The predicted octanol–water partition coefficient (Wildman–Crippen LogP) is 4.16. The molecule has 4 nitrogen and oxygen atoms in total. The summed E-state index contributed by atoms with van der Waals surface area (Å²) in [6.07, 6.45) is 4.34. The van der Waals surface area contributed by atoms with Crippen LogP contribution in [0, 0.1) is 6.92 Å². The van der Waals surface area contributed by atoms with E-state index in [4.69, 9.17) is 4.74 Å². The molecule has 19 heavy (non-hydrogen) atoms. The van der Waals surface area contributed by atoms with E-state index in [1.165, 1.54) is 0 Å². The lowest BCUT2D eigenvalue weighted by atomic mass is 10.2. The van der Waals surface area contributed by atoms with Crippen molar-refractivity contribution in [2.24, 2.45) is 0 Å². The van der Waals surface area contributed by atoms with Crippen LogP contribution in [0.2, 0.25) is 0 Å². The van der Waals surface area contributed by atoms with Crippen molar-refractivity contribution in [3.05, 3.63) is 40.6 Å². The van der Waals surface area contributed by atoms with Gasteiger partial charge in [0.25, 0.3) is 0 Å². The molecule has 0 atom stereocenters. The fraction of sp³-hybridized carbons (Fsp3) is 0.286. The second-order valence-electron chi connectivity index (χ2n) is 4.18. The highest BCUT2D eigenvalue weighted by atomic mass is 79.9. The number of anilines is 1. The number of benzene rings is 1. The van der Waals surface area contributed by atoms with E-state index in [2.05, 4.69) is 38.1 Å². The first-order chi connectivity index (χ1) is 9.19. The summed E-state index contributed by atoms with van der Waals surface area (Å²) in [5.41, 5.74) is 1.05. The molecule has 0 bridgehead atoms. The van der Waals surface area contributed by atoms with E-state index in [9.17, 15) is 0 Å². The Morgan fingerprint density at radius 1 is 1.32 bits per heavy atom. The summed E-state index contributed by atoms with van der Waals surface area (Å²) in [6.45, 7) is 4.97. The lowest BCUT2D eigenvalue weighted by molar-refractivity contribution is 0.457. The van der Waals surface area contributed by atoms with Crippen molar-refractivity contribution >= 4 is 21.7 Å². The van der Waals surface area contributed by atoms with Crippen molar-refractivity contribution in [2.75, 3.05) is 11.9 Å². The van der Waals surface area contributed by atoms with Crippen LogP contribution in [0.4, 0.5) is 5.82 Å². The quantitative estimate of drug-likeness (QED) is 0.898. The lowest BCUT2D eigenvalue weighted by Crippen LogP contribution is -2.03. The third-order valence-electron chi connectivity index (χ3n) is 2.53. The van der Waals surface area contributed by atoms with Gasteiger partial charge in [0.1, 0.15) is 11.6 Å². The van der Waals surface area contributed by atoms with Crippen LogP contribution in [0.15, 0.2) is 35.1 Å². The topological polar surface area (TPSA) is 47.0 Å². The highest BCUT2D eigenvalue weighted by Gasteiger charge is 2.05. The Morgan fingerprint density at radius 3 is 2.95 bits per heavy atom. The molecule has 0 saturated carbocycles. The first kappa shape index (κ1) is 13.8. The van der Waals surface area contributed by atoms with Gasteiger partial charge in [0.15, 0.2) is 0 Å². The molecule has 2 rings (SSSR count). The molecule has 1 heterocycles. The number of hydrogen-bond acceptors (Lipinski definition) is 4. The zero-order valence-electron chi connectivity index (χ0n) is 11.0. The van der Waals surface area contributed by atoms with E-state index < -0.39 is 0 Å². The van der Waals surface area contributed by atoms with Gasteiger partial charge in [0, 0.05) is 11.0 Å². The maximum Gasteiger partial charge on any atom is 0.239 e. The number of nitrogens with zero attached hydrogens (tertiary/aromatic N) is 2. The Kier molecular flexibility index (Phi) is 4.74. The van der Waals surface area contributed by atoms with Gasteiger partial charge in [-0.2, -0.15) is 4.98 Å². The largest absolute Gasteiger partial charge is 0.437 e. The molecule has 0 unspecified atom stereocenters. The monoisotopic (exact) mass is 321 g/mol. The summed E-state index contributed by atoms with van der Waals surface area (Å²) < 4.78 is 6.74. The molecule has 1 aromatic carbocycles. The molecule has 0 aliphatic heterocycles. The van der Waals surface area contributed by atoms with Crippen LogP contribution in [-0.2, 0) is 0 Å². The van der Waals surface area contributed by atoms with Gasteiger partial charge in [-0.05, 0) is 31.0 Å². The summed E-state index contributed by atoms with van der Waals surface area (Å²) in [5.74, 6) is 1.99. The average Bonchev–Trinajstić information content (AvgIpc) is 2.41. The van der Waals surface area contributed by atoms with Gasteiger partial charge < -0.3 is 10.1 Å². The number of aromatic nitrogens is 2. The zero-order chi connectivity index (χ0) is 13.7. The molecule has 0 fully saturated rings. The van der Waals surface area contributed by atoms with E-state index in [-0.39, 0.29) is 0 Å². The molecule has 2 aromatic rings. The maximum atomic E-state index is 5.77. The van der Waals surface area contributed by atoms with E-state index >= 15 is 0 Å². The van der Waals surface area contributed by atoms with Crippen molar-refractivity contribution in [3.63, 3.8) is 0 Å². The van der Waals surface area contributed by atoms with Crippen LogP contribution >= 0.6 is 15.9 Å². The summed E-state index contributed by atoms with van der Waals surface area (Å²) >= 11 is 3.43. The van der Waals surface area contributed by atoms with E-state index in [0.29, 0.717) is 5.88 Å². The van der Waals surface area contributed by atoms with E-state index in [1.54, 1.807) is 12.4 Å². The van der Waals surface area contributed by atoms with Crippen molar-refractivity contribution in [3.8, 4) is 11.6 Å². The molecular formula is C14H16BrN3O. The van der Waals surface area contributed by atoms with Gasteiger partial charge in [-0.3, -0.25) is 4.98 Å². The molecule has 0 radical (unpaired) electrons. The second kappa shape index (κ2) is 6.52. The highest BCUT2D eigenvalue weighted by Crippen LogP contribution is 2.27. The number of halogens is 1. The Morgan fingerprint density at radius 2 is 2.16 bits per heavy atom. The van der Waals surface area contributed by atoms with Crippen molar-refractivity contribution in [1.29, 1.82) is 0 Å². The van der Waals surface area contributed by atoms with Crippen LogP contribution in [0.25, 0.3) is 0 Å². The molecule has 1 aromatic heterocycles. The van der Waals surface area contributed by atoms with Gasteiger partial charge in [-0.1, -0.05) is 28.9 Å². The summed E-state index contributed by atoms with van der Waals surface area (Å²) in [4.78, 5) is 8.49. The first-order valence-electron chi connectivity index (χ1n) is 6.19. The van der Waals surface area contributed by atoms with Gasteiger partial charge in [-0.15, -0.1) is 0 Å². The summed E-state index contributed by atoms with van der Waals surface area (Å²) in [7, 11) is 0. The molecule has 100 valence electrons. The molecule has 5 heteroatoms. The van der Waals surface area contributed by atoms with Gasteiger partial charge in [0.2, 0.25) is 5.88 Å². The van der Waals surface area contributed by atoms with Gasteiger partial charge in [0.05, 0.1) is 12.4 Å². The molecule has 0 spiro atoms. The first-order valence-corrected chi connectivity index (χ1v) is 6.98. The SMILES string of the molecule is CCCNc1cncc(Oc2cc(Br)ccc2C)n1. The smallest absolute Gasteiger partial charge is 0.239 e. The van der Waals surface area contributed by atoms with Crippen molar-refractivity contribution in [2.45, 2.75) is 20.3 Å². The normalized spacial score (nSPS) is 10.3. The van der Waals surface area contributed by atoms with Gasteiger partial charge >= 0.3 is 0 Å². The summed E-state index contributed by atoms with van der Waals surface area (Å²) in [6, 6.07) is 5.89. The third-order valence-corrected chi connectivity index (χ3v) is 3.03. The zero-order valence-corrected chi connectivity index (χ0v) is 12.6. The number of ether oxygens (including phenoxy) is 1. The standard InChI is InChI=1S/C14H16BrN3O/c1-3-6-17-13-8-16-9-14(18-13)19-12-7-11(15)5-4-10(12)2/h4-5,7-9H,3,6H2,1-2H3,(H,17,18). The molecular weight excluding hydrogens is 306 g/mol. The van der Waals surface area contributed by atoms with E-state index in [1.807, 2.05) is 25.1 Å². The fourth-order valence-corrected chi connectivity index (χ4v) is 1.87. The Balaban J connectivity index is 2.16. The molecule has 0 aliphatic rings. The minimum Gasteiger partial charge on any atom is -0.437 e. The van der Waals surface area contributed by atoms with Crippen LogP contribution in [0.3, 0.4) is 0 Å². The summed E-state index contributed by atoms with van der Waals surface area (Å²) in [5, 5.41) is 3.18. The molecule has 0 saturated heterocycles. The van der Waals surface area contributed by atoms with Crippen LogP contribution < -0.4 is 10.1 Å². The number of aryl methyl sites for hydroxylation is 1. The Hall–Kier alpha value is -1.62. The lowest BCUT2D eigenvalue weighted by Gasteiger charge is -2.09. The number of rotatable bonds is 5. The number of nitrogens with one attached hydrogen (secondary N) is 1.